The summed E-state index contributed by atoms with van der Waals surface area (Å²) >= 11 is 30.2. The Bertz CT molecular complexity index is 534. The van der Waals surface area contributed by atoms with Crippen LogP contribution in [0.1, 0.15) is 0 Å². The molecule has 0 aliphatic heterocycles. The van der Waals surface area contributed by atoms with E-state index in [1.165, 1.54) is 0 Å². The third-order valence-electron chi connectivity index (χ3n) is 2.21. The maximum absolute atomic E-state index is 6.14. The monoisotopic (exact) mass is 323 g/mol. The first-order chi connectivity index (χ1) is 8.04. The summed E-state index contributed by atoms with van der Waals surface area (Å²) in [7, 11) is 0. The van der Waals surface area contributed by atoms with Crippen LogP contribution < -0.4 is 0 Å². The van der Waals surface area contributed by atoms with Crippen molar-refractivity contribution in [1.29, 1.82) is 0 Å². The second-order valence-corrected chi connectivity index (χ2v) is 5.13. The molecule has 2 rings (SSSR count). The molecule has 5 heteroatoms. The molecule has 0 aliphatic carbocycles. The zero-order chi connectivity index (χ0) is 12.6. The third-order valence-corrected chi connectivity index (χ3v) is 4.48. The van der Waals surface area contributed by atoms with E-state index in [2.05, 4.69) is 6.07 Å². The molecule has 2 aromatic rings. The van der Waals surface area contributed by atoms with Crippen molar-refractivity contribution in [2.24, 2.45) is 0 Å². The predicted octanol–water partition coefficient (Wildman–Crippen LogP) is 6.42. The van der Waals surface area contributed by atoms with Crippen LogP contribution in [0.25, 0.3) is 11.1 Å². The van der Waals surface area contributed by atoms with Crippen molar-refractivity contribution in [2.45, 2.75) is 0 Å². The Morgan fingerprint density at radius 2 is 1.29 bits per heavy atom. The average Bonchev–Trinajstić information content (AvgIpc) is 2.36. The minimum atomic E-state index is 0.159. The molecule has 1 radical (unpaired) electrons. The highest BCUT2D eigenvalue weighted by Crippen LogP contribution is 2.47. The van der Waals surface area contributed by atoms with Gasteiger partial charge in [-0.1, -0.05) is 76.2 Å². The van der Waals surface area contributed by atoms with Gasteiger partial charge in [0.1, 0.15) is 0 Å². The van der Waals surface area contributed by atoms with Crippen molar-refractivity contribution in [3.8, 4) is 11.1 Å². The van der Waals surface area contributed by atoms with Gasteiger partial charge in [-0.2, -0.15) is 0 Å². The SMILES string of the molecule is Clc1c(Cl)c(Cl)c(-c2c[c]ccc2)c(Cl)c1Cl. The Morgan fingerprint density at radius 3 is 1.76 bits per heavy atom. The zero-order valence-corrected chi connectivity index (χ0v) is 12.0. The van der Waals surface area contributed by atoms with E-state index in [1.54, 1.807) is 12.1 Å². The van der Waals surface area contributed by atoms with Gasteiger partial charge in [-0.05, 0) is 17.7 Å². The lowest BCUT2D eigenvalue weighted by Gasteiger charge is -2.12. The van der Waals surface area contributed by atoms with Crippen molar-refractivity contribution in [3.05, 3.63) is 55.4 Å². The number of benzene rings is 2. The van der Waals surface area contributed by atoms with E-state index in [1.807, 2.05) is 12.1 Å². The summed E-state index contributed by atoms with van der Waals surface area (Å²) in [4.78, 5) is 0. The molecule has 0 aromatic heterocycles. The van der Waals surface area contributed by atoms with Crippen molar-refractivity contribution in [1.82, 2.24) is 0 Å². The highest BCUT2D eigenvalue weighted by molar-refractivity contribution is 6.56. The topological polar surface area (TPSA) is 0 Å². The summed E-state index contributed by atoms with van der Waals surface area (Å²) in [6.45, 7) is 0. The second-order valence-electron chi connectivity index (χ2n) is 3.24. The molecule has 0 saturated carbocycles. The fourth-order valence-corrected chi connectivity index (χ4v) is 2.76. The minimum absolute atomic E-state index is 0.159. The minimum Gasteiger partial charge on any atom is -0.0819 e. The van der Waals surface area contributed by atoms with Gasteiger partial charge in [0.15, 0.2) is 0 Å². The van der Waals surface area contributed by atoms with E-state index < -0.39 is 0 Å². The first kappa shape index (κ1) is 13.3. The van der Waals surface area contributed by atoms with E-state index in [9.17, 15) is 0 Å². The maximum atomic E-state index is 6.14. The molecule has 87 valence electrons. The van der Waals surface area contributed by atoms with Crippen LogP contribution in [-0.2, 0) is 0 Å². The van der Waals surface area contributed by atoms with Gasteiger partial charge in [0.2, 0.25) is 0 Å². The molecule has 0 unspecified atom stereocenters. The molecular weight excluding hydrogens is 321 g/mol. The van der Waals surface area contributed by atoms with Crippen LogP contribution in [-0.4, -0.2) is 0 Å². The van der Waals surface area contributed by atoms with Crippen molar-refractivity contribution in [2.75, 3.05) is 0 Å². The van der Waals surface area contributed by atoms with E-state index in [4.69, 9.17) is 58.0 Å². The van der Waals surface area contributed by atoms with Gasteiger partial charge >= 0.3 is 0 Å². The van der Waals surface area contributed by atoms with Crippen LogP contribution in [0.5, 0.6) is 0 Å². The summed E-state index contributed by atoms with van der Waals surface area (Å²) in [5.74, 6) is 0. The van der Waals surface area contributed by atoms with Crippen LogP contribution in [0.2, 0.25) is 25.1 Å². The first-order valence-electron chi connectivity index (χ1n) is 4.52. The van der Waals surface area contributed by atoms with Gasteiger partial charge < -0.3 is 0 Å². The Labute approximate surface area is 124 Å². The quantitative estimate of drug-likeness (QED) is 0.419. The standard InChI is InChI=1S/C12H4Cl5/c13-8-7(6-4-2-1-3-5-6)9(14)11(16)12(17)10(8)15/h1-2,4-5H. The molecule has 0 bridgehead atoms. The molecule has 0 N–H and O–H groups in total. The lowest BCUT2D eigenvalue weighted by molar-refractivity contribution is 1.61. The lowest BCUT2D eigenvalue weighted by atomic mass is 10.1. The third kappa shape index (κ3) is 2.38. The molecule has 0 amide bonds. The van der Waals surface area contributed by atoms with Crippen LogP contribution >= 0.6 is 58.0 Å². The number of rotatable bonds is 1. The molecule has 17 heavy (non-hydrogen) atoms. The fraction of sp³-hybridized carbons (Fsp3) is 0. The molecule has 0 fully saturated rings. The maximum Gasteiger partial charge on any atom is 0.0809 e. The largest absolute Gasteiger partial charge is 0.0819 e. The Hall–Kier alpha value is -0.110. The fourth-order valence-electron chi connectivity index (χ4n) is 1.41. The highest BCUT2D eigenvalue weighted by Gasteiger charge is 2.19. The van der Waals surface area contributed by atoms with Crippen LogP contribution in [0.4, 0.5) is 0 Å². The summed E-state index contributed by atoms with van der Waals surface area (Å²) in [6.07, 6.45) is 0. The second kappa shape index (κ2) is 5.26. The Balaban J connectivity index is 2.80. The van der Waals surface area contributed by atoms with Gasteiger partial charge in [-0.25, -0.2) is 0 Å². The predicted molar refractivity (Wildman–Crippen MR) is 75.8 cm³/mol. The van der Waals surface area contributed by atoms with E-state index in [0.717, 1.165) is 5.56 Å². The summed E-state index contributed by atoms with van der Waals surface area (Å²) < 4.78 is 0. The average molecular weight is 325 g/mol. The molecule has 0 saturated heterocycles. The Morgan fingerprint density at radius 1 is 0.765 bits per heavy atom. The molecule has 0 atom stereocenters. The first-order valence-corrected chi connectivity index (χ1v) is 6.41. The van der Waals surface area contributed by atoms with Crippen LogP contribution in [0.15, 0.2) is 24.3 Å². The van der Waals surface area contributed by atoms with E-state index >= 15 is 0 Å². The number of hydrogen-bond donors (Lipinski definition) is 0. The van der Waals surface area contributed by atoms with Crippen molar-refractivity contribution in [3.63, 3.8) is 0 Å². The normalized spacial score (nSPS) is 10.6. The lowest BCUT2D eigenvalue weighted by Crippen LogP contribution is -1.86. The molecule has 0 nitrogen and oxygen atoms in total. The van der Waals surface area contributed by atoms with Crippen molar-refractivity contribution >= 4 is 58.0 Å². The van der Waals surface area contributed by atoms with E-state index in [-0.39, 0.29) is 25.1 Å². The number of hydrogen-bond acceptors (Lipinski definition) is 0. The molecule has 0 spiro atoms. The zero-order valence-electron chi connectivity index (χ0n) is 8.20. The van der Waals surface area contributed by atoms with Gasteiger partial charge in [0.05, 0.1) is 25.1 Å². The Kier molecular flexibility index (Phi) is 4.12. The summed E-state index contributed by atoms with van der Waals surface area (Å²) in [5, 5.41) is 1.12. The van der Waals surface area contributed by atoms with Gasteiger partial charge in [-0.3, -0.25) is 0 Å². The molecule has 0 heterocycles. The van der Waals surface area contributed by atoms with Crippen LogP contribution in [0, 0.1) is 6.07 Å². The van der Waals surface area contributed by atoms with Gasteiger partial charge in [-0.15, -0.1) is 0 Å². The van der Waals surface area contributed by atoms with Crippen LogP contribution in [0.3, 0.4) is 0 Å². The number of halogens is 5. The molecule has 0 aliphatic rings. The smallest absolute Gasteiger partial charge is 0.0809 e. The highest BCUT2D eigenvalue weighted by atomic mass is 35.5. The van der Waals surface area contributed by atoms with E-state index in [0.29, 0.717) is 5.56 Å². The van der Waals surface area contributed by atoms with Gasteiger partial charge in [0, 0.05) is 5.56 Å². The molecule has 2 aromatic carbocycles. The van der Waals surface area contributed by atoms with Crippen molar-refractivity contribution < 1.29 is 0 Å². The summed E-state index contributed by atoms with van der Waals surface area (Å²) in [6, 6.07) is 10.1. The molecular formula is C12H4Cl5. The summed E-state index contributed by atoms with van der Waals surface area (Å²) in [5.41, 5.74) is 1.34. The van der Waals surface area contributed by atoms with Gasteiger partial charge in [0.25, 0.3) is 0 Å².